The molecule has 0 radical (unpaired) electrons. The average Bonchev–Trinajstić information content (AvgIpc) is 3.17. The molecule has 0 spiro atoms. The lowest BCUT2D eigenvalue weighted by Crippen LogP contribution is -2.55. The molecule has 0 bridgehead atoms. The van der Waals surface area contributed by atoms with Gasteiger partial charge < -0.3 is 10.1 Å². The summed E-state index contributed by atoms with van der Waals surface area (Å²) in [6.07, 6.45) is 5.97. The van der Waals surface area contributed by atoms with Crippen LogP contribution in [0.5, 0.6) is 5.75 Å². The molecule has 1 amide bonds. The van der Waals surface area contributed by atoms with Crippen LogP contribution in [0, 0.1) is 5.92 Å². The monoisotopic (exact) mass is 385 g/mol. The number of ether oxygens (including phenoxy) is 1. The number of nitrogens with zero attached hydrogens (tertiary/aromatic N) is 2. The highest BCUT2D eigenvalue weighted by molar-refractivity contribution is 5.81. The highest BCUT2D eigenvalue weighted by Gasteiger charge is 2.29. The highest BCUT2D eigenvalue weighted by atomic mass is 16.5. The van der Waals surface area contributed by atoms with Gasteiger partial charge in [-0.1, -0.05) is 31.9 Å². The van der Waals surface area contributed by atoms with Crippen molar-refractivity contribution in [3.05, 3.63) is 29.3 Å². The van der Waals surface area contributed by atoms with Crippen molar-refractivity contribution in [2.75, 3.05) is 32.8 Å². The largest absolute Gasteiger partial charge is 0.493 e. The number of hydrogen-bond donors (Lipinski definition) is 1. The van der Waals surface area contributed by atoms with E-state index < -0.39 is 0 Å². The van der Waals surface area contributed by atoms with Crippen LogP contribution in [0.4, 0.5) is 0 Å². The Balaban J connectivity index is 1.24. The Morgan fingerprint density at radius 1 is 1.21 bits per heavy atom. The van der Waals surface area contributed by atoms with E-state index in [1.54, 1.807) is 0 Å². The van der Waals surface area contributed by atoms with Gasteiger partial charge in [0.1, 0.15) is 5.75 Å². The van der Waals surface area contributed by atoms with Gasteiger partial charge in [0, 0.05) is 45.2 Å². The van der Waals surface area contributed by atoms with Crippen molar-refractivity contribution in [2.24, 2.45) is 5.92 Å². The average molecular weight is 386 g/mol. The van der Waals surface area contributed by atoms with Crippen molar-refractivity contribution in [1.82, 2.24) is 15.1 Å². The van der Waals surface area contributed by atoms with Crippen LogP contribution in [0.15, 0.2) is 18.2 Å². The minimum Gasteiger partial charge on any atom is -0.493 e. The van der Waals surface area contributed by atoms with Crippen LogP contribution >= 0.6 is 0 Å². The fraction of sp³-hybridized carbons (Fsp3) is 0.696. The number of hydrogen-bond acceptors (Lipinski definition) is 4. The summed E-state index contributed by atoms with van der Waals surface area (Å²) < 4.78 is 5.61. The van der Waals surface area contributed by atoms with E-state index in [1.165, 1.54) is 30.4 Å². The maximum Gasteiger partial charge on any atom is 0.237 e. The second kappa shape index (κ2) is 8.83. The summed E-state index contributed by atoms with van der Waals surface area (Å²) >= 11 is 0. The molecule has 5 heteroatoms. The molecule has 1 N–H and O–H groups in total. The third-order valence-corrected chi connectivity index (χ3v) is 6.93. The van der Waals surface area contributed by atoms with Crippen LogP contribution in [0.1, 0.15) is 50.7 Å². The predicted octanol–water partition coefficient (Wildman–Crippen LogP) is 2.82. The minimum absolute atomic E-state index is 0.0339. The lowest BCUT2D eigenvalue weighted by molar-refractivity contribution is -0.127. The molecule has 1 saturated heterocycles. The maximum absolute atomic E-state index is 12.8. The van der Waals surface area contributed by atoms with Gasteiger partial charge in [0.05, 0.1) is 12.6 Å². The topological polar surface area (TPSA) is 44.8 Å². The van der Waals surface area contributed by atoms with Crippen molar-refractivity contribution in [3.63, 3.8) is 0 Å². The standard InChI is InChI=1S/C23H35N3O2/c1-17-5-3-4-6-21(17)24-23(27)18(2)26-12-10-25(11-13-26)16-19-7-8-22-20(15-19)9-14-28-22/h7-8,15,17-18,21H,3-6,9-14,16H2,1-2H3,(H,24,27)/t17-,18+,21+/m0/s1. The van der Waals surface area contributed by atoms with Crippen LogP contribution < -0.4 is 10.1 Å². The summed E-state index contributed by atoms with van der Waals surface area (Å²) in [6, 6.07) is 6.95. The van der Waals surface area contributed by atoms with E-state index in [-0.39, 0.29) is 11.9 Å². The zero-order chi connectivity index (χ0) is 19.5. The van der Waals surface area contributed by atoms with Crippen molar-refractivity contribution in [3.8, 4) is 5.75 Å². The molecule has 0 aromatic heterocycles. The van der Waals surface area contributed by atoms with Crippen LogP contribution in [-0.2, 0) is 17.8 Å². The third kappa shape index (κ3) is 4.52. The number of rotatable bonds is 5. The van der Waals surface area contributed by atoms with Crippen molar-refractivity contribution in [2.45, 2.75) is 64.6 Å². The van der Waals surface area contributed by atoms with Gasteiger partial charge in [-0.25, -0.2) is 0 Å². The van der Waals surface area contributed by atoms with E-state index >= 15 is 0 Å². The van der Waals surface area contributed by atoms with E-state index in [1.807, 2.05) is 0 Å². The van der Waals surface area contributed by atoms with E-state index in [0.29, 0.717) is 12.0 Å². The molecular formula is C23H35N3O2. The molecule has 3 atom stereocenters. The van der Waals surface area contributed by atoms with E-state index in [2.05, 4.69) is 47.2 Å². The molecule has 0 unspecified atom stereocenters. The summed E-state index contributed by atoms with van der Waals surface area (Å²) in [7, 11) is 0. The van der Waals surface area contributed by atoms with Gasteiger partial charge in [-0.3, -0.25) is 14.6 Å². The Hall–Kier alpha value is -1.59. The Bertz CT molecular complexity index is 684. The van der Waals surface area contributed by atoms with Gasteiger partial charge in [-0.05, 0) is 42.9 Å². The van der Waals surface area contributed by atoms with Crippen LogP contribution in [-0.4, -0.2) is 60.6 Å². The lowest BCUT2D eigenvalue weighted by atomic mass is 9.86. The first kappa shape index (κ1) is 19.7. The highest BCUT2D eigenvalue weighted by Crippen LogP contribution is 2.27. The van der Waals surface area contributed by atoms with Crippen molar-refractivity contribution < 1.29 is 9.53 Å². The van der Waals surface area contributed by atoms with Gasteiger partial charge in [0.25, 0.3) is 0 Å². The second-order valence-corrected chi connectivity index (χ2v) is 8.91. The molecule has 28 heavy (non-hydrogen) atoms. The Morgan fingerprint density at radius 3 is 2.79 bits per heavy atom. The minimum atomic E-state index is -0.0339. The zero-order valence-corrected chi connectivity index (χ0v) is 17.5. The number of carbonyl (C=O) groups excluding carboxylic acids is 1. The number of benzene rings is 1. The van der Waals surface area contributed by atoms with Crippen molar-refractivity contribution in [1.29, 1.82) is 0 Å². The fourth-order valence-corrected chi connectivity index (χ4v) is 4.91. The second-order valence-electron chi connectivity index (χ2n) is 8.91. The molecule has 2 fully saturated rings. The molecule has 1 aromatic carbocycles. The Morgan fingerprint density at radius 2 is 2.00 bits per heavy atom. The molecule has 3 aliphatic rings. The first-order valence-corrected chi connectivity index (χ1v) is 11.1. The van der Waals surface area contributed by atoms with E-state index in [4.69, 9.17) is 4.74 Å². The molecule has 2 aliphatic heterocycles. The lowest BCUT2D eigenvalue weighted by Gasteiger charge is -2.38. The van der Waals surface area contributed by atoms with Gasteiger partial charge in [-0.15, -0.1) is 0 Å². The summed E-state index contributed by atoms with van der Waals surface area (Å²) in [4.78, 5) is 17.6. The normalized spacial score (nSPS) is 27.1. The van der Waals surface area contributed by atoms with Gasteiger partial charge in [0.2, 0.25) is 5.91 Å². The first-order valence-electron chi connectivity index (χ1n) is 11.1. The summed E-state index contributed by atoms with van der Waals surface area (Å²) in [5, 5.41) is 3.33. The quantitative estimate of drug-likeness (QED) is 0.847. The summed E-state index contributed by atoms with van der Waals surface area (Å²) in [5.74, 6) is 1.88. The van der Waals surface area contributed by atoms with Gasteiger partial charge in [-0.2, -0.15) is 0 Å². The number of piperazine rings is 1. The van der Waals surface area contributed by atoms with Gasteiger partial charge in [0.15, 0.2) is 0 Å². The molecule has 2 heterocycles. The van der Waals surface area contributed by atoms with Crippen LogP contribution in [0.25, 0.3) is 0 Å². The Kier molecular flexibility index (Phi) is 6.22. The molecule has 5 nitrogen and oxygen atoms in total. The predicted molar refractivity (Wildman–Crippen MR) is 112 cm³/mol. The van der Waals surface area contributed by atoms with Crippen LogP contribution in [0.2, 0.25) is 0 Å². The third-order valence-electron chi connectivity index (χ3n) is 6.93. The van der Waals surface area contributed by atoms with Gasteiger partial charge >= 0.3 is 0 Å². The maximum atomic E-state index is 12.8. The summed E-state index contributed by atoms with van der Waals surface area (Å²) in [5.41, 5.74) is 2.72. The number of amides is 1. The fourth-order valence-electron chi connectivity index (χ4n) is 4.91. The number of nitrogens with one attached hydrogen (secondary N) is 1. The smallest absolute Gasteiger partial charge is 0.237 e. The van der Waals surface area contributed by atoms with E-state index in [9.17, 15) is 4.79 Å². The molecule has 1 saturated carbocycles. The zero-order valence-electron chi connectivity index (χ0n) is 17.5. The number of carbonyl (C=O) groups is 1. The molecular weight excluding hydrogens is 350 g/mol. The number of fused-ring (bicyclic) bond motifs is 1. The molecule has 154 valence electrons. The van der Waals surface area contributed by atoms with Crippen molar-refractivity contribution >= 4 is 5.91 Å². The molecule has 1 aromatic rings. The van der Waals surface area contributed by atoms with E-state index in [0.717, 1.165) is 57.9 Å². The molecule has 1 aliphatic carbocycles. The Labute approximate surface area is 169 Å². The SMILES string of the molecule is C[C@H](C(=O)N[C@@H]1CCCC[C@@H]1C)N1CCN(Cc2ccc3c(c2)CCO3)CC1. The molecule has 4 rings (SSSR count). The first-order chi connectivity index (χ1) is 13.6. The summed E-state index contributed by atoms with van der Waals surface area (Å²) in [6.45, 7) is 10.1. The van der Waals surface area contributed by atoms with Crippen LogP contribution in [0.3, 0.4) is 0 Å².